The molecule has 21 N–H and O–H groups in total. The van der Waals surface area contributed by atoms with Crippen molar-refractivity contribution in [2.45, 2.75) is 0 Å². The molecular weight excluding hydrogens is 649 g/mol. The minimum absolute atomic E-state index is 0. The molecule has 0 atom stereocenters. The van der Waals surface area contributed by atoms with Gasteiger partial charge in [-0.15, -0.1) is 0 Å². The number of carbonyl (C=O) groups is 7. The Balaban J connectivity index is -0.00000000865. The number of hydrogen-bond donors (Lipinski definition) is 14. The molecule has 0 saturated heterocycles. The van der Waals surface area contributed by atoms with Gasteiger partial charge in [-0.05, 0) is 0 Å². The van der Waals surface area contributed by atoms with Gasteiger partial charge in [0.05, 0.1) is 0 Å². The van der Waals surface area contributed by atoms with Gasteiger partial charge >= 0.3 is 103 Å². The summed E-state index contributed by atoms with van der Waals surface area (Å²) in [4.78, 5) is 59.9. The van der Waals surface area contributed by atoms with Crippen molar-refractivity contribution in [2.75, 3.05) is 0 Å². The first-order valence-corrected chi connectivity index (χ1v) is 4.56. The molecule has 28 nitrogen and oxygen atoms in total. The van der Waals surface area contributed by atoms with Gasteiger partial charge in [0.15, 0.2) is 0 Å². The molecule has 0 aliphatic heterocycles. The minimum atomic E-state index is -1.83. The van der Waals surface area contributed by atoms with E-state index in [2.05, 4.69) is 0 Å². The van der Waals surface area contributed by atoms with Crippen LogP contribution in [-0.2, 0) is 19.5 Å². The molecule has 0 fully saturated rings. The topological polar surface area (TPSA) is 613 Å². The summed E-state index contributed by atoms with van der Waals surface area (Å²) in [5.74, 6) is 0. The van der Waals surface area contributed by atoms with E-state index in [1.807, 2.05) is 0 Å². The fourth-order valence-corrected chi connectivity index (χ4v) is 0. The normalized spacial score (nSPS) is 4.42. The van der Waals surface area contributed by atoms with E-state index in [-0.39, 0.29) is 98.2 Å². The second-order valence-electron chi connectivity index (χ2n) is 1.98. The summed E-state index contributed by atoms with van der Waals surface area (Å²) in [5, 5.41) is 97.6. The Labute approximate surface area is 246 Å². The molecule has 0 aromatic carbocycles. The van der Waals surface area contributed by atoms with E-state index >= 15 is 0 Å². The maximum absolute atomic E-state index is 8.56. The molecule has 0 radical (unpaired) electrons. The van der Waals surface area contributed by atoms with Gasteiger partial charge in [-0.3, -0.25) is 0 Å². The Kier molecular flexibility index (Phi) is 384. The van der Waals surface area contributed by atoms with Gasteiger partial charge in [0.1, 0.15) is 0 Å². The summed E-state index contributed by atoms with van der Waals surface area (Å²) in [7, 11) is 0. The Morgan fingerprint density at radius 3 is 0.263 bits per heavy atom. The van der Waals surface area contributed by atoms with Crippen LogP contribution in [0, 0.1) is 0 Å². The number of rotatable bonds is 0. The molecule has 0 saturated carbocycles. The second-order valence-corrected chi connectivity index (χ2v) is 1.98. The predicted octanol–water partition coefficient (Wildman–Crippen LogP) is -0.445. The molecule has 38 heavy (non-hydrogen) atoms. The maximum Gasteiger partial charge on any atom is 3.00 e. The number of hydrogen-bond acceptors (Lipinski definition) is 14. The van der Waals surface area contributed by atoms with Gasteiger partial charge < -0.3 is 110 Å². The van der Waals surface area contributed by atoms with Gasteiger partial charge in [0.2, 0.25) is 0 Å². The molecular formula is C7H21AlMgO28Zn. The average molecular weight is 670 g/mol. The van der Waals surface area contributed by atoms with Crippen molar-refractivity contribution in [3.05, 3.63) is 0 Å². The van der Waals surface area contributed by atoms with E-state index in [0.29, 0.717) is 0 Å². The van der Waals surface area contributed by atoms with Crippen LogP contribution in [0.3, 0.4) is 0 Å². The predicted molar refractivity (Wildman–Crippen MR) is 99.6 cm³/mol. The molecule has 0 aromatic rings. The molecule has 0 spiro atoms. The van der Waals surface area contributed by atoms with Crippen LogP contribution in [0.25, 0.3) is 0 Å². The first-order valence-electron chi connectivity index (χ1n) is 4.56. The molecule has 0 amide bonds. The summed E-state index contributed by atoms with van der Waals surface area (Å²) >= 11 is 0. The van der Waals surface area contributed by atoms with Crippen molar-refractivity contribution in [3.63, 3.8) is 0 Å². The summed E-state index contributed by atoms with van der Waals surface area (Å²) in [6, 6.07) is 0. The second kappa shape index (κ2) is 115. The van der Waals surface area contributed by atoms with Crippen molar-refractivity contribution in [1.82, 2.24) is 0 Å². The Morgan fingerprint density at radius 1 is 0.263 bits per heavy atom. The van der Waals surface area contributed by atoms with Crippen molar-refractivity contribution < 1.29 is 163 Å². The third-order valence-electron chi connectivity index (χ3n) is 0. The first kappa shape index (κ1) is 126. The first-order chi connectivity index (χ1) is 12.1. The molecule has 0 unspecified atom stereocenters. The van der Waals surface area contributed by atoms with E-state index in [9.17, 15) is 0 Å². The van der Waals surface area contributed by atoms with Gasteiger partial charge in [-0.1, -0.05) is 0 Å². The summed E-state index contributed by atoms with van der Waals surface area (Å²) < 4.78 is 0. The van der Waals surface area contributed by atoms with Gasteiger partial charge in [-0.25, -0.2) is 33.6 Å². The molecule has 224 valence electrons. The molecule has 0 aliphatic carbocycles. The Bertz CT molecular complexity index is 324. The molecule has 0 heterocycles. The van der Waals surface area contributed by atoms with E-state index in [0.717, 1.165) is 0 Å². The molecule has 0 bridgehead atoms. The van der Waals surface area contributed by atoms with Crippen molar-refractivity contribution in [1.29, 1.82) is 0 Å². The average Bonchev–Trinajstić information content (AvgIpc) is 2.20. The summed E-state index contributed by atoms with van der Waals surface area (Å²) in [5.41, 5.74) is 0. The van der Waals surface area contributed by atoms with Crippen LogP contribution in [0.4, 0.5) is 33.6 Å². The van der Waals surface area contributed by atoms with Crippen LogP contribution in [0.1, 0.15) is 0 Å². The van der Waals surface area contributed by atoms with Crippen molar-refractivity contribution in [3.8, 4) is 0 Å². The summed E-state index contributed by atoms with van der Waals surface area (Å²) in [6.07, 6.45) is -12.8. The number of carboxylic acid groups (broad SMARTS) is 14. The van der Waals surface area contributed by atoms with Gasteiger partial charge in [-0.2, -0.15) is 0 Å². The quantitative estimate of drug-likeness (QED) is 0.145. The largest absolute Gasteiger partial charge is 3.00 e. The van der Waals surface area contributed by atoms with Crippen molar-refractivity contribution in [2.24, 2.45) is 0 Å². The zero-order chi connectivity index (χ0) is 25.0. The molecule has 0 aliphatic rings. The van der Waals surface area contributed by atoms with Crippen LogP contribution in [-0.4, -0.2) is 193 Å². The van der Waals surface area contributed by atoms with Crippen LogP contribution >= 0.6 is 0 Å². The summed E-state index contributed by atoms with van der Waals surface area (Å²) in [6.45, 7) is 0. The van der Waals surface area contributed by atoms with E-state index in [4.69, 9.17) is 105 Å². The zero-order valence-corrected chi connectivity index (χ0v) is 23.3. The third kappa shape index (κ3) is 2690. The standard InChI is InChI=1S/7CH2O3.Al.Mg.7H2O.Zn/c7*2-1(3)4;;;;;;;;;;/h7*(H2,2,3,4);;;7*1H2;/q;;;;;;;+3;+2;;;;;;;;+2/p-7. The third-order valence-corrected chi connectivity index (χ3v) is 0. The fraction of sp³-hybridized carbons (Fsp3) is 0. The smallest absolute Gasteiger partial charge is 0.870 e. The van der Waals surface area contributed by atoms with Crippen molar-refractivity contribution >= 4 is 83.5 Å². The molecule has 0 aromatic heterocycles. The zero-order valence-electron chi connectivity index (χ0n) is 17.7. The molecule has 31 heteroatoms. The van der Waals surface area contributed by atoms with Gasteiger partial charge in [0, 0.05) is 0 Å². The minimum Gasteiger partial charge on any atom is -0.870 e. The van der Waals surface area contributed by atoms with Crippen LogP contribution in [0.15, 0.2) is 0 Å². The van der Waals surface area contributed by atoms with Crippen LogP contribution in [0.2, 0.25) is 0 Å². The van der Waals surface area contributed by atoms with Crippen LogP contribution in [0.5, 0.6) is 0 Å². The maximum atomic E-state index is 8.56. The fourth-order valence-electron chi connectivity index (χ4n) is 0. The van der Waals surface area contributed by atoms with E-state index in [1.54, 1.807) is 0 Å². The van der Waals surface area contributed by atoms with Crippen LogP contribution < -0.4 is 0 Å². The Hall–Kier alpha value is -3.47. The van der Waals surface area contributed by atoms with E-state index in [1.165, 1.54) is 0 Å². The van der Waals surface area contributed by atoms with Gasteiger partial charge in [0.25, 0.3) is 0 Å². The monoisotopic (exact) mass is 668 g/mol. The van der Waals surface area contributed by atoms with E-state index < -0.39 is 43.1 Å². The SMILES string of the molecule is O=C(O)O.O=C(O)O.O=C(O)O.O=C(O)O.O=C(O)O.O=C(O)O.O=C(O)O.[Al+3].[Mg+2].[OH-].[OH-].[OH-].[OH-].[OH-].[OH-].[OH-].[Zn+2]. The Morgan fingerprint density at radius 2 is 0.263 bits per heavy atom. The molecule has 0 rings (SSSR count).